The van der Waals surface area contributed by atoms with Gasteiger partial charge in [-0.25, -0.2) is 0 Å². The number of amides is 1. The summed E-state index contributed by atoms with van der Waals surface area (Å²) >= 11 is 0. The molecule has 0 saturated carbocycles. The van der Waals surface area contributed by atoms with Crippen molar-refractivity contribution >= 4 is 18.3 Å². The van der Waals surface area contributed by atoms with Crippen molar-refractivity contribution in [3.05, 3.63) is 17.0 Å². The number of hydrogen-bond donors (Lipinski definition) is 2. The van der Waals surface area contributed by atoms with E-state index in [-0.39, 0.29) is 24.4 Å². The van der Waals surface area contributed by atoms with E-state index in [1.165, 1.54) is 0 Å². The highest BCUT2D eigenvalue weighted by atomic mass is 35.5. The summed E-state index contributed by atoms with van der Waals surface area (Å²) in [6.45, 7) is 5.34. The number of aromatic nitrogens is 1. The molecule has 1 fully saturated rings. The minimum absolute atomic E-state index is 0. The van der Waals surface area contributed by atoms with Crippen molar-refractivity contribution in [3.63, 3.8) is 0 Å². The van der Waals surface area contributed by atoms with Gasteiger partial charge in [-0.05, 0) is 26.8 Å². The minimum atomic E-state index is -0.0834. The van der Waals surface area contributed by atoms with Crippen molar-refractivity contribution in [1.29, 1.82) is 0 Å². The lowest BCUT2D eigenvalue weighted by Crippen LogP contribution is -2.36. The Labute approximate surface area is 100 Å². The smallest absolute Gasteiger partial charge is 0.257 e. The van der Waals surface area contributed by atoms with Gasteiger partial charge in [-0.15, -0.1) is 12.4 Å². The highest BCUT2D eigenvalue weighted by Gasteiger charge is 2.22. The molecule has 1 unspecified atom stereocenters. The SMILES string of the molecule is Cc1noc(C)c1C(=O)NC1CCNC1.Cl. The summed E-state index contributed by atoms with van der Waals surface area (Å²) in [4.78, 5) is 11.9. The van der Waals surface area contributed by atoms with Crippen LogP contribution in [-0.4, -0.2) is 30.2 Å². The average molecular weight is 246 g/mol. The summed E-state index contributed by atoms with van der Waals surface area (Å²) < 4.78 is 4.95. The Hall–Kier alpha value is -1.07. The fourth-order valence-corrected chi connectivity index (χ4v) is 1.84. The molecule has 0 spiro atoms. The molecule has 6 heteroatoms. The molecule has 2 rings (SSSR count). The van der Waals surface area contributed by atoms with Gasteiger partial charge < -0.3 is 15.2 Å². The molecule has 90 valence electrons. The standard InChI is InChI=1S/C10H15N3O2.ClH/c1-6-9(7(2)15-13-6)10(14)12-8-3-4-11-5-8;/h8,11H,3-5H2,1-2H3,(H,12,14);1H. The molecule has 0 aliphatic carbocycles. The van der Waals surface area contributed by atoms with Gasteiger partial charge in [-0.1, -0.05) is 5.16 Å². The lowest BCUT2D eigenvalue weighted by Gasteiger charge is -2.10. The van der Waals surface area contributed by atoms with Gasteiger partial charge in [0.25, 0.3) is 5.91 Å². The quantitative estimate of drug-likeness (QED) is 0.809. The number of aryl methyl sites for hydroxylation is 2. The van der Waals surface area contributed by atoms with E-state index < -0.39 is 0 Å². The highest BCUT2D eigenvalue weighted by molar-refractivity contribution is 5.96. The third-order valence-electron chi connectivity index (χ3n) is 2.66. The summed E-state index contributed by atoms with van der Waals surface area (Å²) in [7, 11) is 0. The van der Waals surface area contributed by atoms with Crippen molar-refractivity contribution in [1.82, 2.24) is 15.8 Å². The van der Waals surface area contributed by atoms with E-state index in [1.807, 2.05) is 0 Å². The monoisotopic (exact) mass is 245 g/mol. The number of rotatable bonds is 2. The topological polar surface area (TPSA) is 67.2 Å². The van der Waals surface area contributed by atoms with Gasteiger partial charge in [0.05, 0.1) is 5.69 Å². The van der Waals surface area contributed by atoms with Crippen LogP contribution in [0.15, 0.2) is 4.52 Å². The number of hydrogen-bond acceptors (Lipinski definition) is 4. The van der Waals surface area contributed by atoms with Crippen molar-refractivity contribution in [2.45, 2.75) is 26.3 Å². The third kappa shape index (κ3) is 2.54. The van der Waals surface area contributed by atoms with Crippen LogP contribution in [0.5, 0.6) is 0 Å². The number of halogens is 1. The summed E-state index contributed by atoms with van der Waals surface area (Å²) in [5, 5.41) is 9.92. The van der Waals surface area contributed by atoms with Crippen LogP contribution in [0.25, 0.3) is 0 Å². The summed E-state index contributed by atoms with van der Waals surface area (Å²) in [5.41, 5.74) is 1.22. The normalized spacial score (nSPS) is 19.2. The molecular formula is C10H16ClN3O2. The van der Waals surface area contributed by atoms with E-state index in [9.17, 15) is 4.79 Å². The van der Waals surface area contributed by atoms with Crippen LogP contribution >= 0.6 is 12.4 Å². The van der Waals surface area contributed by atoms with E-state index in [2.05, 4.69) is 15.8 Å². The third-order valence-corrected chi connectivity index (χ3v) is 2.66. The maximum atomic E-state index is 11.9. The lowest BCUT2D eigenvalue weighted by atomic mass is 10.1. The first kappa shape index (κ1) is 13.0. The zero-order valence-electron chi connectivity index (χ0n) is 9.37. The molecular weight excluding hydrogens is 230 g/mol. The summed E-state index contributed by atoms with van der Waals surface area (Å²) in [6.07, 6.45) is 0.981. The van der Waals surface area contributed by atoms with Crippen LogP contribution in [0.3, 0.4) is 0 Å². The summed E-state index contributed by atoms with van der Waals surface area (Å²) in [6, 6.07) is 0.228. The van der Waals surface area contributed by atoms with Crippen LogP contribution in [0.4, 0.5) is 0 Å². The fraction of sp³-hybridized carbons (Fsp3) is 0.600. The summed E-state index contributed by atoms with van der Waals surface area (Å²) in [5.74, 6) is 0.496. The van der Waals surface area contributed by atoms with E-state index in [0.717, 1.165) is 19.5 Å². The van der Waals surface area contributed by atoms with Gasteiger partial charge in [-0.3, -0.25) is 4.79 Å². The molecule has 0 radical (unpaired) electrons. The Balaban J connectivity index is 0.00000128. The highest BCUT2D eigenvalue weighted by Crippen LogP contribution is 2.12. The van der Waals surface area contributed by atoms with Gasteiger partial charge in [0.15, 0.2) is 0 Å². The Morgan fingerprint density at radius 3 is 2.81 bits per heavy atom. The van der Waals surface area contributed by atoms with Crippen molar-refractivity contribution < 1.29 is 9.32 Å². The van der Waals surface area contributed by atoms with Gasteiger partial charge >= 0.3 is 0 Å². The molecule has 0 aromatic carbocycles. The molecule has 0 bridgehead atoms. The molecule has 2 heterocycles. The number of carbonyl (C=O) groups excluding carboxylic acids is 1. The molecule has 16 heavy (non-hydrogen) atoms. The van der Waals surface area contributed by atoms with Gasteiger partial charge in [0.1, 0.15) is 11.3 Å². The van der Waals surface area contributed by atoms with Crippen LogP contribution in [0.1, 0.15) is 28.2 Å². The number of nitrogens with one attached hydrogen (secondary N) is 2. The van der Waals surface area contributed by atoms with E-state index in [0.29, 0.717) is 17.0 Å². The van der Waals surface area contributed by atoms with E-state index in [1.54, 1.807) is 13.8 Å². The molecule has 2 N–H and O–H groups in total. The molecule has 1 aromatic heterocycles. The van der Waals surface area contributed by atoms with Crippen LogP contribution in [0, 0.1) is 13.8 Å². The second-order valence-electron chi connectivity index (χ2n) is 3.86. The maximum absolute atomic E-state index is 11.9. The number of nitrogens with zero attached hydrogens (tertiary/aromatic N) is 1. The molecule has 1 amide bonds. The van der Waals surface area contributed by atoms with Crippen LogP contribution in [0.2, 0.25) is 0 Å². The Morgan fingerprint density at radius 2 is 2.31 bits per heavy atom. The zero-order valence-corrected chi connectivity index (χ0v) is 10.2. The lowest BCUT2D eigenvalue weighted by molar-refractivity contribution is 0.0938. The molecule has 1 atom stereocenters. The first-order valence-electron chi connectivity index (χ1n) is 5.13. The van der Waals surface area contributed by atoms with E-state index >= 15 is 0 Å². The maximum Gasteiger partial charge on any atom is 0.257 e. The second kappa shape index (κ2) is 5.32. The first-order valence-corrected chi connectivity index (χ1v) is 5.13. The molecule has 1 aliphatic heterocycles. The van der Waals surface area contributed by atoms with Gasteiger partial charge in [0.2, 0.25) is 0 Å². The van der Waals surface area contributed by atoms with Crippen LogP contribution in [-0.2, 0) is 0 Å². The molecule has 5 nitrogen and oxygen atoms in total. The molecule has 1 saturated heterocycles. The zero-order chi connectivity index (χ0) is 10.8. The largest absolute Gasteiger partial charge is 0.361 e. The van der Waals surface area contributed by atoms with Crippen molar-refractivity contribution in [3.8, 4) is 0 Å². The van der Waals surface area contributed by atoms with Crippen molar-refractivity contribution in [2.75, 3.05) is 13.1 Å². The first-order chi connectivity index (χ1) is 7.18. The Kier molecular flexibility index (Phi) is 4.32. The Morgan fingerprint density at radius 1 is 1.56 bits per heavy atom. The molecule has 1 aromatic rings. The second-order valence-corrected chi connectivity index (χ2v) is 3.86. The van der Waals surface area contributed by atoms with Gasteiger partial charge in [-0.2, -0.15) is 0 Å². The number of carbonyl (C=O) groups is 1. The minimum Gasteiger partial charge on any atom is -0.361 e. The predicted molar refractivity (Wildman–Crippen MR) is 62.0 cm³/mol. The van der Waals surface area contributed by atoms with Gasteiger partial charge in [0, 0.05) is 12.6 Å². The van der Waals surface area contributed by atoms with Crippen molar-refractivity contribution in [2.24, 2.45) is 0 Å². The Bertz CT molecular complexity index is 353. The average Bonchev–Trinajstić information content (AvgIpc) is 2.77. The van der Waals surface area contributed by atoms with Crippen LogP contribution < -0.4 is 10.6 Å². The fourth-order valence-electron chi connectivity index (χ4n) is 1.84. The molecule has 1 aliphatic rings. The van der Waals surface area contributed by atoms with E-state index in [4.69, 9.17) is 4.52 Å². The predicted octanol–water partition coefficient (Wildman–Crippen LogP) is 0.805.